The number of nitrogens with zero attached hydrogens (tertiary/aromatic N) is 4. The van der Waals surface area contributed by atoms with Crippen molar-refractivity contribution in [3.63, 3.8) is 0 Å². The maximum atomic E-state index is 13.4. The molecule has 0 unspecified atom stereocenters. The molecule has 0 bridgehead atoms. The van der Waals surface area contributed by atoms with Crippen LogP contribution in [0.3, 0.4) is 0 Å². The lowest BCUT2D eigenvalue weighted by Crippen LogP contribution is -2.59. The molecule has 8 nitrogen and oxygen atoms in total. The number of carbonyl (C=O) groups excluding carboxylic acids is 2. The van der Waals surface area contributed by atoms with E-state index in [-0.39, 0.29) is 17.6 Å². The van der Waals surface area contributed by atoms with Crippen LogP contribution in [0.25, 0.3) is 11.6 Å². The highest BCUT2D eigenvalue weighted by molar-refractivity contribution is 7.99. The fourth-order valence-electron chi connectivity index (χ4n) is 3.98. The first-order valence-electron chi connectivity index (χ1n) is 10.8. The first-order chi connectivity index (χ1) is 16.4. The summed E-state index contributed by atoms with van der Waals surface area (Å²) in [5.41, 5.74) is 1.35. The SMILES string of the molecule is CC1(C)C(=O)Nc2ccccc2N1C(=O)CSc1nnc(-c2ccco2)n1Cc1ccccc1. The second kappa shape index (κ2) is 8.83. The molecule has 1 aliphatic rings. The third kappa shape index (κ3) is 3.99. The van der Waals surface area contributed by atoms with Gasteiger partial charge in [-0.3, -0.25) is 19.1 Å². The molecular weight excluding hydrogens is 450 g/mol. The maximum Gasteiger partial charge on any atom is 0.250 e. The van der Waals surface area contributed by atoms with E-state index in [0.29, 0.717) is 34.7 Å². The highest BCUT2D eigenvalue weighted by Crippen LogP contribution is 2.37. The Bertz CT molecular complexity index is 1330. The molecule has 0 fully saturated rings. The molecule has 0 saturated heterocycles. The predicted molar refractivity (Wildman–Crippen MR) is 131 cm³/mol. The number of furan rings is 1. The van der Waals surface area contributed by atoms with E-state index in [0.717, 1.165) is 5.56 Å². The van der Waals surface area contributed by atoms with Gasteiger partial charge in [-0.25, -0.2) is 0 Å². The Morgan fingerprint density at radius 1 is 1.03 bits per heavy atom. The molecule has 2 aromatic carbocycles. The predicted octanol–water partition coefficient (Wildman–Crippen LogP) is 4.44. The minimum absolute atomic E-state index is 0.0934. The first kappa shape index (κ1) is 22.0. The van der Waals surface area contributed by atoms with Crippen LogP contribution in [0.15, 0.2) is 82.6 Å². The summed E-state index contributed by atoms with van der Waals surface area (Å²) in [4.78, 5) is 27.7. The van der Waals surface area contributed by atoms with Crippen molar-refractivity contribution in [3.8, 4) is 11.6 Å². The highest BCUT2D eigenvalue weighted by atomic mass is 32.2. The Morgan fingerprint density at radius 3 is 2.56 bits per heavy atom. The average molecular weight is 474 g/mol. The van der Waals surface area contributed by atoms with Crippen molar-refractivity contribution < 1.29 is 14.0 Å². The Labute approximate surface area is 201 Å². The van der Waals surface area contributed by atoms with Crippen molar-refractivity contribution in [2.75, 3.05) is 16.0 Å². The maximum absolute atomic E-state index is 13.4. The van der Waals surface area contributed by atoms with Gasteiger partial charge >= 0.3 is 0 Å². The van der Waals surface area contributed by atoms with E-state index in [2.05, 4.69) is 15.5 Å². The minimum Gasteiger partial charge on any atom is -0.461 e. The fourth-order valence-corrected chi connectivity index (χ4v) is 4.77. The van der Waals surface area contributed by atoms with Crippen LogP contribution in [-0.4, -0.2) is 37.9 Å². The second-order valence-electron chi connectivity index (χ2n) is 8.40. The third-order valence-corrected chi connectivity index (χ3v) is 6.68. The Hall–Kier alpha value is -3.85. The largest absolute Gasteiger partial charge is 0.461 e. The van der Waals surface area contributed by atoms with Gasteiger partial charge in [0.2, 0.25) is 17.6 Å². The summed E-state index contributed by atoms with van der Waals surface area (Å²) in [5, 5.41) is 12.2. The van der Waals surface area contributed by atoms with E-state index in [4.69, 9.17) is 4.42 Å². The molecule has 5 rings (SSSR count). The van der Waals surface area contributed by atoms with Gasteiger partial charge in [-0.05, 0) is 43.7 Å². The van der Waals surface area contributed by atoms with Gasteiger partial charge in [0.05, 0.1) is 29.9 Å². The number of amides is 2. The molecule has 0 saturated carbocycles. The van der Waals surface area contributed by atoms with Gasteiger partial charge in [0.15, 0.2) is 10.9 Å². The standard InChI is InChI=1S/C25H23N5O3S/c1-25(2)23(32)26-18-11-6-7-12-19(18)30(25)21(31)16-34-24-28-27-22(20-13-8-14-33-20)29(24)15-17-9-4-3-5-10-17/h3-14H,15-16H2,1-2H3,(H,26,32). The number of nitrogens with one attached hydrogen (secondary N) is 1. The molecule has 1 aliphatic heterocycles. The Morgan fingerprint density at radius 2 is 1.79 bits per heavy atom. The van der Waals surface area contributed by atoms with E-state index in [9.17, 15) is 9.59 Å². The summed E-state index contributed by atoms with van der Waals surface area (Å²) < 4.78 is 7.50. The zero-order valence-electron chi connectivity index (χ0n) is 18.8. The van der Waals surface area contributed by atoms with Crippen molar-refractivity contribution in [2.45, 2.75) is 31.1 Å². The molecule has 0 spiro atoms. The van der Waals surface area contributed by atoms with Gasteiger partial charge in [-0.15, -0.1) is 10.2 Å². The number of para-hydroxylation sites is 2. The first-order valence-corrected chi connectivity index (χ1v) is 11.8. The lowest BCUT2D eigenvalue weighted by atomic mass is 9.96. The van der Waals surface area contributed by atoms with Crippen LogP contribution in [-0.2, 0) is 16.1 Å². The number of hydrogen-bond acceptors (Lipinski definition) is 6. The van der Waals surface area contributed by atoms with E-state index < -0.39 is 5.54 Å². The normalized spacial score (nSPS) is 14.5. The van der Waals surface area contributed by atoms with Gasteiger partial charge in [0.25, 0.3) is 0 Å². The molecule has 3 heterocycles. The van der Waals surface area contributed by atoms with Crippen molar-refractivity contribution in [1.82, 2.24) is 14.8 Å². The van der Waals surface area contributed by atoms with Crippen molar-refractivity contribution in [3.05, 3.63) is 78.6 Å². The number of rotatable bonds is 6. The number of thioether (sulfide) groups is 1. The van der Waals surface area contributed by atoms with Crippen LogP contribution in [0.5, 0.6) is 0 Å². The molecule has 2 aromatic heterocycles. The van der Waals surface area contributed by atoms with Gasteiger partial charge < -0.3 is 9.73 Å². The molecular formula is C25H23N5O3S. The quantitative estimate of drug-likeness (QED) is 0.416. The third-order valence-electron chi connectivity index (χ3n) is 5.72. The van der Waals surface area contributed by atoms with Crippen molar-refractivity contribution in [2.24, 2.45) is 0 Å². The molecule has 2 amide bonds. The van der Waals surface area contributed by atoms with E-state index >= 15 is 0 Å². The molecule has 4 aromatic rings. The highest BCUT2D eigenvalue weighted by Gasteiger charge is 2.43. The lowest BCUT2D eigenvalue weighted by Gasteiger charge is -2.42. The van der Waals surface area contributed by atoms with Gasteiger partial charge in [0.1, 0.15) is 5.54 Å². The number of fused-ring (bicyclic) bond motifs is 1. The monoisotopic (exact) mass is 473 g/mol. The van der Waals surface area contributed by atoms with Gasteiger partial charge in [-0.1, -0.05) is 54.2 Å². The molecule has 9 heteroatoms. The Kier molecular flexibility index (Phi) is 5.70. The van der Waals surface area contributed by atoms with E-state index in [1.54, 1.807) is 37.1 Å². The zero-order chi connectivity index (χ0) is 23.7. The number of carbonyl (C=O) groups is 2. The van der Waals surface area contributed by atoms with Crippen molar-refractivity contribution >= 4 is 35.0 Å². The summed E-state index contributed by atoms with van der Waals surface area (Å²) >= 11 is 1.29. The molecule has 0 atom stereocenters. The summed E-state index contributed by atoms with van der Waals surface area (Å²) in [5.74, 6) is 0.870. The van der Waals surface area contributed by atoms with Crippen LogP contribution >= 0.6 is 11.8 Å². The molecule has 0 radical (unpaired) electrons. The fraction of sp³-hybridized carbons (Fsp3) is 0.200. The smallest absolute Gasteiger partial charge is 0.250 e. The summed E-state index contributed by atoms with van der Waals surface area (Å²) in [6.45, 7) is 4.02. The summed E-state index contributed by atoms with van der Waals surface area (Å²) in [6.07, 6.45) is 1.59. The van der Waals surface area contributed by atoms with Crippen LogP contribution in [0, 0.1) is 0 Å². The summed E-state index contributed by atoms with van der Waals surface area (Å²) in [6, 6.07) is 20.9. The lowest BCUT2D eigenvalue weighted by molar-refractivity contribution is -0.125. The zero-order valence-corrected chi connectivity index (χ0v) is 19.6. The van der Waals surface area contributed by atoms with Gasteiger partial charge in [-0.2, -0.15) is 0 Å². The molecule has 172 valence electrons. The number of anilines is 2. The topological polar surface area (TPSA) is 93.3 Å². The van der Waals surface area contributed by atoms with E-state index in [1.807, 2.05) is 59.2 Å². The van der Waals surface area contributed by atoms with Crippen LogP contribution in [0.1, 0.15) is 19.4 Å². The molecule has 0 aliphatic carbocycles. The van der Waals surface area contributed by atoms with Crippen molar-refractivity contribution in [1.29, 1.82) is 0 Å². The number of hydrogen-bond donors (Lipinski definition) is 1. The minimum atomic E-state index is -1.02. The van der Waals surface area contributed by atoms with Crippen LogP contribution in [0.4, 0.5) is 11.4 Å². The number of benzene rings is 2. The molecule has 1 N–H and O–H groups in total. The Balaban J connectivity index is 1.43. The van der Waals surface area contributed by atoms with Crippen LogP contribution in [0.2, 0.25) is 0 Å². The van der Waals surface area contributed by atoms with E-state index in [1.165, 1.54) is 11.8 Å². The summed E-state index contributed by atoms with van der Waals surface area (Å²) in [7, 11) is 0. The van der Waals surface area contributed by atoms with Gasteiger partial charge in [0, 0.05) is 0 Å². The number of aromatic nitrogens is 3. The average Bonchev–Trinajstić information content (AvgIpc) is 3.49. The molecule has 34 heavy (non-hydrogen) atoms. The van der Waals surface area contributed by atoms with Crippen LogP contribution < -0.4 is 10.2 Å². The second-order valence-corrected chi connectivity index (χ2v) is 9.35.